The number of rotatable bonds is 4. The molecule has 1 saturated carbocycles. The summed E-state index contributed by atoms with van der Waals surface area (Å²) in [4.78, 5) is 18.5. The summed E-state index contributed by atoms with van der Waals surface area (Å²) >= 11 is 1.36. The van der Waals surface area contributed by atoms with E-state index in [9.17, 15) is 4.79 Å². The van der Waals surface area contributed by atoms with Gasteiger partial charge in [0.1, 0.15) is 0 Å². The fourth-order valence-corrected chi connectivity index (χ4v) is 3.90. The van der Waals surface area contributed by atoms with Crippen molar-refractivity contribution in [3.8, 4) is 0 Å². The van der Waals surface area contributed by atoms with E-state index in [4.69, 9.17) is 5.73 Å². The molecule has 2 aromatic rings. The first kappa shape index (κ1) is 16.0. The van der Waals surface area contributed by atoms with Crippen molar-refractivity contribution in [1.82, 2.24) is 24.5 Å². The summed E-state index contributed by atoms with van der Waals surface area (Å²) in [6.45, 7) is 1.86. The smallest absolute Gasteiger partial charge is 0.233 e. The lowest BCUT2D eigenvalue weighted by molar-refractivity contribution is -0.129. The minimum atomic E-state index is 0.122. The van der Waals surface area contributed by atoms with E-state index in [2.05, 4.69) is 15.2 Å². The Balaban J connectivity index is 1.67. The molecule has 0 radical (unpaired) electrons. The van der Waals surface area contributed by atoms with E-state index in [0.717, 1.165) is 18.5 Å². The second-order valence-corrected chi connectivity index (χ2v) is 6.96. The number of nitrogen functional groups attached to an aromatic ring is 1. The van der Waals surface area contributed by atoms with Gasteiger partial charge in [0, 0.05) is 24.8 Å². The van der Waals surface area contributed by atoms with Crippen LogP contribution in [0.3, 0.4) is 0 Å². The highest BCUT2D eigenvalue weighted by Crippen LogP contribution is 2.24. The fraction of sp³-hybridized carbons (Fsp3) is 0.600. The lowest BCUT2D eigenvalue weighted by atomic mass is 9.94. The molecule has 0 unspecified atom stereocenters. The molecule has 0 bridgehead atoms. The average molecular weight is 334 g/mol. The number of nitrogens with two attached hydrogens (primary N) is 1. The largest absolute Gasteiger partial charge is 0.369 e. The van der Waals surface area contributed by atoms with Crippen molar-refractivity contribution in [2.45, 2.75) is 50.2 Å². The molecule has 124 valence electrons. The SMILES string of the molecule is Cc1cc2nnc(SCC(=O)N(C)C3CCCCC3)n2c(N)n1. The molecule has 7 nitrogen and oxygen atoms in total. The fourth-order valence-electron chi connectivity index (χ4n) is 3.03. The molecule has 3 rings (SSSR count). The summed E-state index contributed by atoms with van der Waals surface area (Å²) in [5, 5.41) is 8.83. The Morgan fingerprint density at radius 1 is 1.39 bits per heavy atom. The Labute approximate surface area is 139 Å². The monoisotopic (exact) mass is 334 g/mol. The molecule has 1 fully saturated rings. The summed E-state index contributed by atoms with van der Waals surface area (Å²) in [6, 6.07) is 2.20. The molecule has 0 saturated heterocycles. The molecule has 0 spiro atoms. The molecule has 2 N–H and O–H groups in total. The van der Waals surface area contributed by atoms with Crippen LogP contribution in [0.2, 0.25) is 0 Å². The van der Waals surface area contributed by atoms with Crippen LogP contribution in [0, 0.1) is 6.92 Å². The molecular formula is C15H22N6OS. The quantitative estimate of drug-likeness (QED) is 0.859. The zero-order valence-corrected chi connectivity index (χ0v) is 14.3. The minimum absolute atomic E-state index is 0.122. The van der Waals surface area contributed by atoms with Crippen LogP contribution in [-0.2, 0) is 4.79 Å². The van der Waals surface area contributed by atoms with Crippen molar-refractivity contribution in [1.29, 1.82) is 0 Å². The van der Waals surface area contributed by atoms with Gasteiger partial charge in [0.05, 0.1) is 5.75 Å². The average Bonchev–Trinajstić information content (AvgIpc) is 2.95. The molecule has 0 aliphatic heterocycles. The maximum atomic E-state index is 12.4. The third-order valence-corrected chi connectivity index (χ3v) is 5.27. The molecule has 23 heavy (non-hydrogen) atoms. The number of aromatic nitrogens is 4. The molecule has 0 atom stereocenters. The van der Waals surface area contributed by atoms with Crippen LogP contribution in [0.15, 0.2) is 11.2 Å². The molecular weight excluding hydrogens is 312 g/mol. The van der Waals surface area contributed by atoms with Gasteiger partial charge in [-0.1, -0.05) is 31.0 Å². The molecule has 1 aliphatic rings. The summed E-state index contributed by atoms with van der Waals surface area (Å²) in [6.07, 6.45) is 5.93. The van der Waals surface area contributed by atoms with Crippen LogP contribution in [0.4, 0.5) is 5.95 Å². The number of aryl methyl sites for hydroxylation is 1. The number of hydrogen-bond donors (Lipinski definition) is 1. The first-order valence-corrected chi connectivity index (χ1v) is 8.91. The van der Waals surface area contributed by atoms with E-state index < -0.39 is 0 Å². The number of nitrogens with zero attached hydrogens (tertiary/aromatic N) is 5. The van der Waals surface area contributed by atoms with Crippen molar-refractivity contribution in [2.24, 2.45) is 0 Å². The summed E-state index contributed by atoms with van der Waals surface area (Å²) in [5.41, 5.74) is 7.40. The Kier molecular flexibility index (Phi) is 4.70. The first-order valence-electron chi connectivity index (χ1n) is 7.93. The number of fused-ring (bicyclic) bond motifs is 1. The van der Waals surface area contributed by atoms with Gasteiger partial charge in [0.15, 0.2) is 10.8 Å². The second-order valence-electron chi connectivity index (χ2n) is 6.02. The third-order valence-electron chi connectivity index (χ3n) is 4.36. The Morgan fingerprint density at radius 2 is 2.13 bits per heavy atom. The van der Waals surface area contributed by atoms with Crippen LogP contribution < -0.4 is 5.73 Å². The number of hydrogen-bond acceptors (Lipinski definition) is 6. The predicted octanol–water partition coefficient (Wildman–Crippen LogP) is 1.90. The van der Waals surface area contributed by atoms with Gasteiger partial charge in [-0.3, -0.25) is 4.79 Å². The van der Waals surface area contributed by atoms with E-state index >= 15 is 0 Å². The molecule has 1 aliphatic carbocycles. The maximum Gasteiger partial charge on any atom is 0.233 e. The Hall–Kier alpha value is -1.83. The summed E-state index contributed by atoms with van der Waals surface area (Å²) < 4.78 is 1.69. The standard InChI is InChI=1S/C15H22N6OS/c1-10-8-12-18-19-15(21(12)14(16)17-10)23-9-13(22)20(2)11-6-4-3-5-7-11/h8,11H,3-7,9H2,1-2H3,(H2,16,17). The van der Waals surface area contributed by atoms with Crippen molar-refractivity contribution in [2.75, 3.05) is 18.5 Å². The lowest BCUT2D eigenvalue weighted by Crippen LogP contribution is -2.39. The van der Waals surface area contributed by atoms with Gasteiger partial charge in [0.25, 0.3) is 0 Å². The highest BCUT2D eigenvalue weighted by atomic mass is 32.2. The van der Waals surface area contributed by atoms with Crippen LogP contribution in [-0.4, -0.2) is 49.2 Å². The van der Waals surface area contributed by atoms with Gasteiger partial charge in [-0.2, -0.15) is 0 Å². The van der Waals surface area contributed by atoms with E-state index in [0.29, 0.717) is 28.5 Å². The van der Waals surface area contributed by atoms with Gasteiger partial charge in [0.2, 0.25) is 11.9 Å². The Morgan fingerprint density at radius 3 is 2.87 bits per heavy atom. The Bertz CT molecular complexity index is 709. The number of thioether (sulfide) groups is 1. The third kappa shape index (κ3) is 3.41. The first-order chi connectivity index (χ1) is 11.1. The van der Waals surface area contributed by atoms with Gasteiger partial charge in [-0.05, 0) is 19.8 Å². The number of carbonyl (C=O) groups is 1. The van der Waals surface area contributed by atoms with E-state index in [1.165, 1.54) is 31.0 Å². The number of carbonyl (C=O) groups excluding carboxylic acids is 1. The summed E-state index contributed by atoms with van der Waals surface area (Å²) in [5.74, 6) is 0.805. The van der Waals surface area contributed by atoms with Crippen molar-refractivity contribution in [3.05, 3.63) is 11.8 Å². The van der Waals surface area contributed by atoms with E-state index in [1.807, 2.05) is 24.9 Å². The molecule has 0 aromatic carbocycles. The molecule has 2 heterocycles. The predicted molar refractivity (Wildman–Crippen MR) is 90.3 cm³/mol. The zero-order valence-electron chi connectivity index (χ0n) is 13.5. The van der Waals surface area contributed by atoms with Crippen molar-refractivity contribution < 1.29 is 4.79 Å². The van der Waals surface area contributed by atoms with Crippen molar-refractivity contribution >= 4 is 29.3 Å². The molecule has 8 heteroatoms. The van der Waals surface area contributed by atoms with Crippen LogP contribution >= 0.6 is 11.8 Å². The highest BCUT2D eigenvalue weighted by Gasteiger charge is 2.22. The molecule has 2 aromatic heterocycles. The highest BCUT2D eigenvalue weighted by molar-refractivity contribution is 7.99. The second kappa shape index (κ2) is 6.74. The maximum absolute atomic E-state index is 12.4. The zero-order chi connectivity index (χ0) is 16.4. The van der Waals surface area contributed by atoms with Crippen LogP contribution in [0.25, 0.3) is 5.65 Å². The van der Waals surface area contributed by atoms with Gasteiger partial charge >= 0.3 is 0 Å². The topological polar surface area (TPSA) is 89.4 Å². The van der Waals surface area contributed by atoms with Crippen LogP contribution in [0.5, 0.6) is 0 Å². The van der Waals surface area contributed by atoms with Gasteiger partial charge in [-0.25, -0.2) is 9.38 Å². The van der Waals surface area contributed by atoms with E-state index in [1.54, 1.807) is 4.40 Å². The summed E-state index contributed by atoms with van der Waals surface area (Å²) in [7, 11) is 1.90. The molecule has 1 amide bonds. The number of anilines is 1. The van der Waals surface area contributed by atoms with Gasteiger partial charge in [-0.15, -0.1) is 10.2 Å². The number of amides is 1. The minimum Gasteiger partial charge on any atom is -0.369 e. The van der Waals surface area contributed by atoms with E-state index in [-0.39, 0.29) is 5.91 Å². The van der Waals surface area contributed by atoms with Gasteiger partial charge < -0.3 is 10.6 Å². The normalized spacial score (nSPS) is 15.9. The van der Waals surface area contributed by atoms with Crippen LogP contribution in [0.1, 0.15) is 37.8 Å². The van der Waals surface area contributed by atoms with Crippen molar-refractivity contribution in [3.63, 3.8) is 0 Å². The lowest BCUT2D eigenvalue weighted by Gasteiger charge is -2.31.